The number of likely N-dealkylation sites (tertiary alicyclic amines) is 1. The van der Waals surface area contributed by atoms with Crippen LogP contribution >= 0.6 is 11.6 Å². The molecule has 0 spiro atoms. The Morgan fingerprint density at radius 2 is 1.82 bits per heavy atom. The van der Waals surface area contributed by atoms with Gasteiger partial charge < -0.3 is 20.5 Å². The summed E-state index contributed by atoms with van der Waals surface area (Å²) in [5.41, 5.74) is 8.64. The molecule has 3 heterocycles. The van der Waals surface area contributed by atoms with Gasteiger partial charge in [0.25, 0.3) is 0 Å². The molecule has 176 valence electrons. The van der Waals surface area contributed by atoms with E-state index >= 15 is 0 Å². The summed E-state index contributed by atoms with van der Waals surface area (Å²) in [6, 6.07) is 14.6. The van der Waals surface area contributed by atoms with Crippen LogP contribution in [0.25, 0.3) is 22.6 Å². The molecule has 1 aliphatic rings. The van der Waals surface area contributed by atoms with E-state index in [1.165, 1.54) is 6.07 Å². The van der Waals surface area contributed by atoms with Crippen LogP contribution in [0, 0.1) is 5.82 Å². The fourth-order valence-corrected chi connectivity index (χ4v) is 4.77. The molecule has 0 radical (unpaired) electrons. The van der Waals surface area contributed by atoms with E-state index in [0.29, 0.717) is 35.1 Å². The number of rotatable bonds is 7. The average molecular weight is 480 g/mol. The van der Waals surface area contributed by atoms with Crippen LogP contribution in [0.1, 0.15) is 24.4 Å². The second kappa shape index (κ2) is 10.0. The molecular formula is C25H27ClFN7. The molecule has 1 aliphatic heterocycles. The smallest absolute Gasteiger partial charge is 0.225 e. The first-order valence-corrected chi connectivity index (χ1v) is 11.9. The van der Waals surface area contributed by atoms with Gasteiger partial charge in [-0.3, -0.25) is 0 Å². The second-order valence-corrected chi connectivity index (χ2v) is 8.90. The third-order valence-corrected chi connectivity index (χ3v) is 6.64. The highest BCUT2D eigenvalue weighted by molar-refractivity contribution is 6.33. The third kappa shape index (κ3) is 4.61. The van der Waals surface area contributed by atoms with Crippen molar-refractivity contribution in [3.63, 3.8) is 0 Å². The maximum absolute atomic E-state index is 14.0. The molecule has 7 nitrogen and oxygen atoms in total. The number of nitrogens with two attached hydrogens (primary N) is 1. The molecule has 3 N–H and O–H groups in total. The van der Waals surface area contributed by atoms with Crippen molar-refractivity contribution in [3.05, 3.63) is 71.1 Å². The number of hydrogen-bond acceptors (Lipinski definition) is 6. The Morgan fingerprint density at radius 1 is 1.06 bits per heavy atom. The zero-order valence-corrected chi connectivity index (χ0v) is 19.5. The predicted octanol–water partition coefficient (Wildman–Crippen LogP) is 4.49. The highest BCUT2D eigenvalue weighted by Gasteiger charge is 2.26. The quantitative estimate of drug-likeness (QED) is 0.406. The number of nitrogens with one attached hydrogen (secondary N) is 1. The molecule has 5 rings (SSSR count). The summed E-state index contributed by atoms with van der Waals surface area (Å²) in [6.45, 7) is 3.79. The lowest BCUT2D eigenvalue weighted by Gasteiger charge is -2.33. The molecule has 0 atom stereocenters. The first-order valence-electron chi connectivity index (χ1n) is 11.5. The van der Waals surface area contributed by atoms with Gasteiger partial charge in [-0.25, -0.2) is 14.4 Å². The van der Waals surface area contributed by atoms with Crippen LogP contribution in [-0.4, -0.2) is 50.6 Å². The van der Waals surface area contributed by atoms with Crippen molar-refractivity contribution >= 4 is 28.7 Å². The van der Waals surface area contributed by atoms with Crippen LogP contribution in [0.4, 0.5) is 10.3 Å². The van der Waals surface area contributed by atoms with Crippen LogP contribution in [0.5, 0.6) is 0 Å². The zero-order valence-electron chi connectivity index (χ0n) is 18.8. The van der Waals surface area contributed by atoms with Crippen molar-refractivity contribution in [2.24, 2.45) is 5.73 Å². The van der Waals surface area contributed by atoms with Gasteiger partial charge in [0.2, 0.25) is 5.95 Å². The van der Waals surface area contributed by atoms with Crippen LogP contribution in [0.2, 0.25) is 5.02 Å². The Morgan fingerprint density at radius 3 is 2.59 bits per heavy atom. The number of nitrogens with zero attached hydrogens (tertiary/aromatic N) is 5. The lowest BCUT2D eigenvalue weighted by atomic mass is 10.0. The van der Waals surface area contributed by atoms with Gasteiger partial charge in [0.05, 0.1) is 11.2 Å². The first kappa shape index (κ1) is 22.7. The predicted molar refractivity (Wildman–Crippen MR) is 133 cm³/mol. The SMILES string of the molecule is NCCN1CCC(n2c(-c3ccccc3Cl)nc3cnc(NCc4ccccc4F)nc32)CC1. The molecule has 1 fully saturated rings. The van der Waals surface area contributed by atoms with E-state index in [0.717, 1.165) is 49.5 Å². The van der Waals surface area contributed by atoms with Crippen molar-refractivity contribution in [1.82, 2.24) is 24.4 Å². The fourth-order valence-electron chi connectivity index (χ4n) is 4.55. The summed E-state index contributed by atoms with van der Waals surface area (Å²) in [6.07, 6.45) is 3.64. The van der Waals surface area contributed by atoms with Gasteiger partial charge in [-0.1, -0.05) is 41.9 Å². The summed E-state index contributed by atoms with van der Waals surface area (Å²) < 4.78 is 16.2. The van der Waals surface area contributed by atoms with Crippen molar-refractivity contribution in [3.8, 4) is 11.4 Å². The lowest BCUT2D eigenvalue weighted by molar-refractivity contribution is 0.193. The van der Waals surface area contributed by atoms with E-state index in [1.807, 2.05) is 30.3 Å². The topological polar surface area (TPSA) is 84.9 Å². The maximum Gasteiger partial charge on any atom is 0.225 e. The molecule has 34 heavy (non-hydrogen) atoms. The number of imidazole rings is 1. The van der Waals surface area contributed by atoms with Crippen molar-refractivity contribution in [2.75, 3.05) is 31.5 Å². The Kier molecular flexibility index (Phi) is 6.71. The van der Waals surface area contributed by atoms with Crippen molar-refractivity contribution in [2.45, 2.75) is 25.4 Å². The number of fused-ring (bicyclic) bond motifs is 1. The first-order chi connectivity index (χ1) is 16.6. The van der Waals surface area contributed by atoms with Gasteiger partial charge in [-0.2, -0.15) is 4.98 Å². The number of halogens is 2. The lowest BCUT2D eigenvalue weighted by Crippen LogP contribution is -2.37. The minimum atomic E-state index is -0.258. The summed E-state index contributed by atoms with van der Waals surface area (Å²) in [7, 11) is 0. The molecule has 9 heteroatoms. The Balaban J connectivity index is 1.52. The minimum absolute atomic E-state index is 0.222. The van der Waals surface area contributed by atoms with E-state index in [-0.39, 0.29) is 11.9 Å². The zero-order chi connectivity index (χ0) is 23.5. The van der Waals surface area contributed by atoms with Gasteiger partial charge in [-0.05, 0) is 31.0 Å². The molecular weight excluding hydrogens is 453 g/mol. The molecule has 0 saturated carbocycles. The number of piperidine rings is 1. The van der Waals surface area contributed by atoms with E-state index in [4.69, 9.17) is 27.3 Å². The fraction of sp³-hybridized carbons (Fsp3) is 0.320. The molecule has 2 aromatic heterocycles. The number of aromatic nitrogens is 4. The second-order valence-electron chi connectivity index (χ2n) is 8.49. The van der Waals surface area contributed by atoms with Gasteiger partial charge in [0.15, 0.2) is 5.65 Å². The molecule has 1 saturated heterocycles. The van der Waals surface area contributed by atoms with Gasteiger partial charge in [-0.15, -0.1) is 0 Å². The Labute approximate surface area is 202 Å². The average Bonchev–Trinajstić information content (AvgIpc) is 3.23. The van der Waals surface area contributed by atoms with E-state index in [1.54, 1.807) is 18.3 Å². The molecule has 0 aliphatic carbocycles. The number of hydrogen-bond donors (Lipinski definition) is 2. The summed E-state index contributed by atoms with van der Waals surface area (Å²) in [4.78, 5) is 16.5. The van der Waals surface area contributed by atoms with Gasteiger partial charge in [0.1, 0.15) is 17.2 Å². The van der Waals surface area contributed by atoms with Gasteiger partial charge >= 0.3 is 0 Å². The third-order valence-electron chi connectivity index (χ3n) is 6.31. The summed E-state index contributed by atoms with van der Waals surface area (Å²) in [5.74, 6) is 0.966. The largest absolute Gasteiger partial charge is 0.350 e. The monoisotopic (exact) mass is 479 g/mol. The molecule has 2 aromatic carbocycles. The minimum Gasteiger partial charge on any atom is -0.350 e. The van der Waals surface area contributed by atoms with Crippen LogP contribution in [0.15, 0.2) is 54.7 Å². The molecule has 0 unspecified atom stereocenters. The molecule has 0 bridgehead atoms. The normalized spacial score (nSPS) is 15.1. The highest BCUT2D eigenvalue weighted by atomic mass is 35.5. The van der Waals surface area contributed by atoms with Crippen LogP contribution in [0.3, 0.4) is 0 Å². The van der Waals surface area contributed by atoms with Crippen LogP contribution in [-0.2, 0) is 6.54 Å². The summed E-state index contributed by atoms with van der Waals surface area (Å²) >= 11 is 6.57. The van der Waals surface area contributed by atoms with Crippen molar-refractivity contribution in [1.29, 1.82) is 0 Å². The van der Waals surface area contributed by atoms with E-state index in [9.17, 15) is 4.39 Å². The van der Waals surface area contributed by atoms with Gasteiger partial charge in [0, 0.05) is 49.9 Å². The standard InChI is InChI=1S/C25H27ClFN7/c26-20-7-3-2-6-19(20)23-31-22-16-30-25(29-15-17-5-1-4-8-21(17)27)32-24(22)34(23)18-9-12-33(13-10-18)14-11-28/h1-8,16,18H,9-15,28H2,(H,29,30,32). The Bertz CT molecular complexity index is 1280. The van der Waals surface area contributed by atoms with Crippen LogP contribution < -0.4 is 11.1 Å². The molecule has 4 aromatic rings. The highest BCUT2D eigenvalue weighted by Crippen LogP contribution is 2.35. The van der Waals surface area contributed by atoms with E-state index < -0.39 is 0 Å². The van der Waals surface area contributed by atoms with Crippen molar-refractivity contribution < 1.29 is 4.39 Å². The van der Waals surface area contributed by atoms with E-state index in [2.05, 4.69) is 19.8 Å². The maximum atomic E-state index is 14.0. The summed E-state index contributed by atoms with van der Waals surface area (Å²) in [5, 5.41) is 3.80. The molecule has 0 amide bonds. The Hall–Kier alpha value is -3.07. The number of benzene rings is 2. The number of anilines is 1.